The summed E-state index contributed by atoms with van der Waals surface area (Å²) >= 11 is 7.14. The zero-order valence-electron chi connectivity index (χ0n) is 19.3. The summed E-state index contributed by atoms with van der Waals surface area (Å²) in [7, 11) is 0. The standard InChI is InChI=1S/C31H24Br2O3/c32-29-7-3-1-5-23(29)13-19-27(21-9-15-25(34)16-10-21)31(36)28(22-11-17-26(35)18-12-22)20-14-24-6-2-4-8-30(24)33/h1-20,27-28,34-35H/b19-13+,20-14+. The molecule has 36 heavy (non-hydrogen) atoms. The lowest BCUT2D eigenvalue weighted by molar-refractivity contribution is -0.120. The number of allylic oxidation sites excluding steroid dienone is 2. The summed E-state index contributed by atoms with van der Waals surface area (Å²) in [5.41, 5.74) is 3.47. The van der Waals surface area contributed by atoms with Crippen molar-refractivity contribution in [3.8, 4) is 11.5 Å². The minimum Gasteiger partial charge on any atom is -0.508 e. The maximum atomic E-state index is 14.2. The van der Waals surface area contributed by atoms with Gasteiger partial charge in [-0.2, -0.15) is 0 Å². The lowest BCUT2D eigenvalue weighted by Gasteiger charge is -2.20. The third-order valence-electron chi connectivity index (χ3n) is 5.86. The quantitative estimate of drug-likeness (QED) is 0.212. The van der Waals surface area contributed by atoms with Gasteiger partial charge in [0.2, 0.25) is 0 Å². The van der Waals surface area contributed by atoms with Gasteiger partial charge in [-0.25, -0.2) is 0 Å². The smallest absolute Gasteiger partial charge is 0.155 e. The van der Waals surface area contributed by atoms with Crippen LogP contribution >= 0.6 is 31.9 Å². The predicted molar refractivity (Wildman–Crippen MR) is 153 cm³/mol. The van der Waals surface area contributed by atoms with Crippen LogP contribution in [0.5, 0.6) is 11.5 Å². The van der Waals surface area contributed by atoms with Crippen LogP contribution in [0.15, 0.2) is 118 Å². The van der Waals surface area contributed by atoms with Crippen LogP contribution in [0.25, 0.3) is 12.2 Å². The number of halogens is 2. The number of rotatable bonds is 8. The fourth-order valence-corrected chi connectivity index (χ4v) is 4.75. The van der Waals surface area contributed by atoms with Crippen LogP contribution in [0.1, 0.15) is 34.1 Å². The minimum atomic E-state index is -0.569. The second kappa shape index (κ2) is 12.0. The summed E-state index contributed by atoms with van der Waals surface area (Å²) in [5.74, 6) is -0.883. The molecule has 0 aliphatic rings. The molecule has 180 valence electrons. The third kappa shape index (κ3) is 6.42. The van der Waals surface area contributed by atoms with Crippen molar-refractivity contribution in [1.82, 2.24) is 0 Å². The first-order valence-electron chi connectivity index (χ1n) is 11.4. The van der Waals surface area contributed by atoms with E-state index >= 15 is 0 Å². The molecule has 0 saturated carbocycles. The highest BCUT2D eigenvalue weighted by molar-refractivity contribution is 9.10. The number of hydrogen-bond acceptors (Lipinski definition) is 3. The Morgan fingerprint density at radius 1 is 0.583 bits per heavy atom. The van der Waals surface area contributed by atoms with Crippen molar-refractivity contribution in [2.24, 2.45) is 0 Å². The fraction of sp³-hybridized carbons (Fsp3) is 0.0645. The van der Waals surface area contributed by atoms with Gasteiger partial charge in [0, 0.05) is 8.95 Å². The second-order valence-corrected chi connectivity index (χ2v) is 10.0. The molecule has 4 rings (SSSR count). The number of Topliss-reactive ketones (excluding diaryl/α,β-unsaturated/α-hetero) is 1. The number of carbonyl (C=O) groups excluding carboxylic acids is 1. The average Bonchev–Trinajstić information content (AvgIpc) is 2.88. The molecule has 0 bridgehead atoms. The van der Waals surface area contributed by atoms with Crippen molar-refractivity contribution in [3.05, 3.63) is 140 Å². The van der Waals surface area contributed by atoms with E-state index in [4.69, 9.17) is 0 Å². The Bertz CT molecular complexity index is 1280. The molecule has 0 aliphatic heterocycles. The summed E-state index contributed by atoms with van der Waals surface area (Å²) in [6.07, 6.45) is 7.67. The van der Waals surface area contributed by atoms with Crippen LogP contribution < -0.4 is 0 Å². The molecule has 0 amide bonds. The van der Waals surface area contributed by atoms with Crippen LogP contribution in [-0.2, 0) is 4.79 Å². The Labute approximate surface area is 227 Å². The molecule has 5 heteroatoms. The first-order valence-corrected chi connectivity index (χ1v) is 13.0. The first-order chi connectivity index (χ1) is 17.4. The molecule has 4 aromatic carbocycles. The monoisotopic (exact) mass is 602 g/mol. The second-order valence-electron chi connectivity index (χ2n) is 8.30. The minimum absolute atomic E-state index is 0.0296. The van der Waals surface area contributed by atoms with E-state index in [9.17, 15) is 15.0 Å². The molecule has 4 aromatic rings. The molecule has 2 N–H and O–H groups in total. The lowest BCUT2D eigenvalue weighted by Crippen LogP contribution is -2.18. The van der Waals surface area contributed by atoms with Gasteiger partial charge in [-0.05, 0) is 58.7 Å². The molecule has 0 fully saturated rings. The lowest BCUT2D eigenvalue weighted by atomic mass is 9.82. The molecule has 0 aliphatic carbocycles. The van der Waals surface area contributed by atoms with E-state index in [0.717, 1.165) is 31.2 Å². The zero-order chi connectivity index (χ0) is 25.5. The number of hydrogen-bond donors (Lipinski definition) is 2. The van der Waals surface area contributed by atoms with Gasteiger partial charge >= 0.3 is 0 Å². The number of phenols is 2. The summed E-state index contributed by atoms with van der Waals surface area (Å²) in [6.45, 7) is 0. The largest absolute Gasteiger partial charge is 0.508 e. The van der Waals surface area contributed by atoms with E-state index in [1.165, 1.54) is 0 Å². The highest BCUT2D eigenvalue weighted by Gasteiger charge is 2.26. The van der Waals surface area contributed by atoms with Crippen LogP contribution in [0.2, 0.25) is 0 Å². The van der Waals surface area contributed by atoms with Gasteiger partial charge in [0.05, 0.1) is 11.8 Å². The van der Waals surface area contributed by atoms with E-state index in [2.05, 4.69) is 31.9 Å². The molecule has 0 aromatic heterocycles. The molecular weight excluding hydrogens is 580 g/mol. The van der Waals surface area contributed by atoms with E-state index in [-0.39, 0.29) is 17.3 Å². The number of aromatic hydroxyl groups is 2. The number of ketones is 1. The van der Waals surface area contributed by atoms with Crippen LogP contribution in [0.3, 0.4) is 0 Å². The third-order valence-corrected chi connectivity index (χ3v) is 7.31. The maximum absolute atomic E-state index is 14.2. The molecule has 0 radical (unpaired) electrons. The number of carbonyl (C=O) groups is 1. The fourth-order valence-electron chi connectivity index (χ4n) is 3.92. The maximum Gasteiger partial charge on any atom is 0.155 e. The number of benzene rings is 4. The van der Waals surface area contributed by atoms with Crippen molar-refractivity contribution >= 4 is 49.8 Å². The highest BCUT2D eigenvalue weighted by Crippen LogP contribution is 2.32. The summed E-state index contributed by atoms with van der Waals surface area (Å²) < 4.78 is 1.86. The van der Waals surface area contributed by atoms with Gasteiger partial charge in [0.15, 0.2) is 5.78 Å². The van der Waals surface area contributed by atoms with Gasteiger partial charge in [0.25, 0.3) is 0 Å². The normalized spacial score (nSPS) is 13.2. The zero-order valence-corrected chi connectivity index (χ0v) is 22.4. The van der Waals surface area contributed by atoms with Gasteiger partial charge in [0.1, 0.15) is 11.5 Å². The number of phenolic OH excluding ortho intramolecular Hbond substituents is 2. The van der Waals surface area contributed by atoms with Gasteiger partial charge in [-0.1, -0.05) is 117 Å². The van der Waals surface area contributed by atoms with Crippen LogP contribution in [-0.4, -0.2) is 16.0 Å². The van der Waals surface area contributed by atoms with Crippen molar-refractivity contribution in [2.45, 2.75) is 11.8 Å². The van der Waals surface area contributed by atoms with Gasteiger partial charge < -0.3 is 10.2 Å². The molecular formula is C31H24Br2O3. The highest BCUT2D eigenvalue weighted by atomic mass is 79.9. The molecule has 0 spiro atoms. The topological polar surface area (TPSA) is 57.5 Å². The Kier molecular flexibility index (Phi) is 8.57. The summed E-state index contributed by atoms with van der Waals surface area (Å²) in [5, 5.41) is 19.6. The van der Waals surface area contributed by atoms with E-state index < -0.39 is 11.8 Å². The van der Waals surface area contributed by atoms with Crippen molar-refractivity contribution < 1.29 is 15.0 Å². The SMILES string of the molecule is O=C(C(/C=C/c1ccccc1Br)c1ccc(O)cc1)C(/C=C/c1ccccc1Br)c1ccc(O)cc1. The van der Waals surface area contributed by atoms with Gasteiger partial charge in [-0.3, -0.25) is 4.79 Å². The van der Waals surface area contributed by atoms with E-state index in [0.29, 0.717) is 0 Å². The molecule has 0 saturated heterocycles. The molecule has 0 heterocycles. The van der Waals surface area contributed by atoms with Crippen molar-refractivity contribution in [2.75, 3.05) is 0 Å². The Morgan fingerprint density at radius 3 is 1.31 bits per heavy atom. The summed E-state index contributed by atoms with van der Waals surface area (Å²) in [6, 6.07) is 29.1. The Hall–Kier alpha value is -3.41. The van der Waals surface area contributed by atoms with Crippen LogP contribution in [0, 0.1) is 0 Å². The first kappa shape index (κ1) is 25.7. The molecule has 2 unspecified atom stereocenters. The summed E-state index contributed by atoms with van der Waals surface area (Å²) in [4.78, 5) is 14.2. The molecule has 3 nitrogen and oxygen atoms in total. The Morgan fingerprint density at radius 2 is 0.944 bits per heavy atom. The van der Waals surface area contributed by atoms with E-state index in [1.807, 2.05) is 72.8 Å². The van der Waals surface area contributed by atoms with Crippen molar-refractivity contribution in [1.29, 1.82) is 0 Å². The predicted octanol–water partition coefficient (Wildman–Crippen LogP) is 8.49. The van der Waals surface area contributed by atoms with Crippen molar-refractivity contribution in [3.63, 3.8) is 0 Å². The average molecular weight is 604 g/mol. The van der Waals surface area contributed by atoms with E-state index in [1.54, 1.807) is 48.5 Å². The molecule has 2 atom stereocenters. The Balaban J connectivity index is 1.78. The van der Waals surface area contributed by atoms with Crippen LogP contribution in [0.4, 0.5) is 0 Å². The van der Waals surface area contributed by atoms with Gasteiger partial charge in [-0.15, -0.1) is 0 Å².